The lowest BCUT2D eigenvalue weighted by Gasteiger charge is -2.38. The predicted octanol–water partition coefficient (Wildman–Crippen LogP) is 4.40. The molecule has 0 saturated carbocycles. The Kier molecular flexibility index (Phi) is 8.20. The fourth-order valence-corrected chi connectivity index (χ4v) is 7.24. The zero-order valence-corrected chi connectivity index (χ0v) is 21.3. The molecule has 0 aliphatic carbocycles. The maximum Gasteiger partial charge on any atom is 0.224 e. The van der Waals surface area contributed by atoms with Gasteiger partial charge in [0.2, 0.25) is 15.9 Å². The van der Waals surface area contributed by atoms with E-state index in [9.17, 15) is 13.2 Å². The van der Waals surface area contributed by atoms with E-state index in [0.717, 1.165) is 12.8 Å². The average molecular weight is 525 g/mol. The van der Waals surface area contributed by atoms with Crippen molar-refractivity contribution in [1.82, 2.24) is 9.62 Å². The van der Waals surface area contributed by atoms with Gasteiger partial charge in [-0.15, -0.1) is 0 Å². The first kappa shape index (κ1) is 25.5. The summed E-state index contributed by atoms with van der Waals surface area (Å²) in [5.74, 6) is -0.771. The topological polar surface area (TPSA) is 75.7 Å². The fourth-order valence-electron chi connectivity index (χ4n) is 4.87. The van der Waals surface area contributed by atoms with Gasteiger partial charge in [0.1, 0.15) is 0 Å². The summed E-state index contributed by atoms with van der Waals surface area (Å²) in [7, 11) is -3.67. The van der Waals surface area contributed by atoms with Gasteiger partial charge < -0.3 is 10.1 Å². The number of sulfonamides is 1. The third kappa shape index (κ3) is 5.77. The number of ether oxygens (including phenoxy) is 1. The van der Waals surface area contributed by atoms with E-state index in [1.807, 2.05) is 18.2 Å². The molecule has 2 aromatic rings. The van der Waals surface area contributed by atoms with Crippen molar-refractivity contribution in [1.29, 1.82) is 0 Å². The average Bonchev–Trinajstić information content (AvgIpc) is 2.86. The number of benzene rings is 2. The highest BCUT2D eigenvalue weighted by atomic mass is 35.5. The van der Waals surface area contributed by atoms with E-state index in [2.05, 4.69) is 17.4 Å². The standard InChI is InChI=1S/C25H30Cl2N2O4S/c26-22-9-4-10-23(27)21(22)17-34(31,32)29-13-5-6-19(16-29)24(30)28-18-25(11-14-33-15-12-25)20-7-2-1-3-8-20/h1-4,7-10,19H,5-6,11-18H2,(H,28,30)/t19-/m0/s1. The number of nitrogens with zero attached hydrogens (tertiary/aromatic N) is 1. The van der Waals surface area contributed by atoms with Crippen molar-refractivity contribution >= 4 is 39.1 Å². The highest BCUT2D eigenvalue weighted by Gasteiger charge is 2.37. The van der Waals surface area contributed by atoms with Crippen LogP contribution in [-0.4, -0.2) is 51.5 Å². The molecule has 2 aromatic carbocycles. The van der Waals surface area contributed by atoms with Gasteiger partial charge in [0.15, 0.2) is 0 Å². The third-order valence-electron chi connectivity index (χ3n) is 6.97. The van der Waals surface area contributed by atoms with Crippen LogP contribution >= 0.6 is 23.2 Å². The van der Waals surface area contributed by atoms with E-state index in [0.29, 0.717) is 54.8 Å². The van der Waals surface area contributed by atoms with Gasteiger partial charge in [-0.05, 0) is 43.4 Å². The molecule has 0 bridgehead atoms. The number of hydrogen-bond donors (Lipinski definition) is 1. The van der Waals surface area contributed by atoms with Gasteiger partial charge in [0.05, 0.1) is 11.7 Å². The van der Waals surface area contributed by atoms with Crippen molar-refractivity contribution in [3.8, 4) is 0 Å². The molecule has 1 N–H and O–H groups in total. The smallest absolute Gasteiger partial charge is 0.224 e. The summed E-state index contributed by atoms with van der Waals surface area (Å²) in [5, 5.41) is 3.79. The summed E-state index contributed by atoms with van der Waals surface area (Å²) in [5.41, 5.74) is 1.42. The van der Waals surface area contributed by atoms with Crippen molar-refractivity contribution in [3.05, 3.63) is 69.7 Å². The van der Waals surface area contributed by atoms with Crippen LogP contribution in [0, 0.1) is 5.92 Å². The molecular weight excluding hydrogens is 495 g/mol. The highest BCUT2D eigenvalue weighted by Crippen LogP contribution is 2.34. The van der Waals surface area contributed by atoms with Crippen molar-refractivity contribution in [2.45, 2.75) is 36.9 Å². The number of halogens is 2. The summed E-state index contributed by atoms with van der Waals surface area (Å²) in [6, 6.07) is 15.2. The van der Waals surface area contributed by atoms with E-state index in [1.165, 1.54) is 9.87 Å². The minimum absolute atomic E-state index is 0.0996. The molecule has 0 unspecified atom stereocenters. The Labute approximate surface area is 211 Å². The summed E-state index contributed by atoms with van der Waals surface area (Å²) >= 11 is 12.4. The molecule has 2 aliphatic rings. The lowest BCUT2D eigenvalue weighted by Crippen LogP contribution is -2.49. The first-order chi connectivity index (χ1) is 16.3. The molecule has 0 aromatic heterocycles. The summed E-state index contributed by atoms with van der Waals surface area (Å²) < 4.78 is 33.2. The molecule has 0 radical (unpaired) electrons. The molecular formula is C25H30Cl2N2O4S. The van der Waals surface area contributed by atoms with Crippen molar-refractivity contribution in [2.75, 3.05) is 32.8 Å². The van der Waals surface area contributed by atoms with Crippen LogP contribution in [0.25, 0.3) is 0 Å². The number of amides is 1. The minimum atomic E-state index is -3.67. The third-order valence-corrected chi connectivity index (χ3v) is 9.45. The van der Waals surface area contributed by atoms with Crippen LogP contribution in [0.2, 0.25) is 10.0 Å². The van der Waals surface area contributed by atoms with Crippen LogP contribution in [0.5, 0.6) is 0 Å². The van der Waals surface area contributed by atoms with E-state index in [4.69, 9.17) is 27.9 Å². The zero-order chi connectivity index (χ0) is 24.2. The summed E-state index contributed by atoms with van der Waals surface area (Å²) in [6.07, 6.45) is 2.96. The summed E-state index contributed by atoms with van der Waals surface area (Å²) in [6.45, 7) is 2.38. The monoisotopic (exact) mass is 524 g/mol. The Morgan fingerprint density at radius 3 is 2.41 bits per heavy atom. The lowest BCUT2D eigenvalue weighted by atomic mass is 9.74. The zero-order valence-electron chi connectivity index (χ0n) is 19.0. The Hall–Kier alpha value is -1.64. The maximum absolute atomic E-state index is 13.1. The first-order valence-corrected chi connectivity index (χ1v) is 14.0. The second kappa shape index (κ2) is 11.0. The quantitative estimate of drug-likeness (QED) is 0.582. The molecule has 1 amide bonds. The summed E-state index contributed by atoms with van der Waals surface area (Å²) in [4.78, 5) is 13.1. The Morgan fingerprint density at radius 1 is 1.06 bits per heavy atom. The number of carbonyl (C=O) groups is 1. The number of hydrogen-bond acceptors (Lipinski definition) is 4. The molecule has 9 heteroatoms. The molecule has 6 nitrogen and oxygen atoms in total. The van der Waals surface area contributed by atoms with Crippen LogP contribution in [0.1, 0.15) is 36.8 Å². The number of nitrogens with one attached hydrogen (secondary N) is 1. The second-order valence-corrected chi connectivity index (χ2v) is 11.9. The number of rotatable bonds is 7. The van der Waals surface area contributed by atoms with Gasteiger partial charge in [-0.1, -0.05) is 59.6 Å². The van der Waals surface area contributed by atoms with Crippen LogP contribution in [-0.2, 0) is 30.7 Å². The largest absolute Gasteiger partial charge is 0.381 e. The van der Waals surface area contributed by atoms with Gasteiger partial charge in [-0.25, -0.2) is 12.7 Å². The lowest BCUT2D eigenvalue weighted by molar-refractivity contribution is -0.126. The van der Waals surface area contributed by atoms with Gasteiger partial charge in [0, 0.05) is 53.9 Å². The van der Waals surface area contributed by atoms with Crippen molar-refractivity contribution in [2.24, 2.45) is 5.92 Å². The second-order valence-electron chi connectivity index (χ2n) is 9.13. The fraction of sp³-hybridized carbons (Fsp3) is 0.480. The molecule has 2 fully saturated rings. The molecule has 2 heterocycles. The molecule has 184 valence electrons. The van der Waals surface area contributed by atoms with Gasteiger partial charge in [-0.2, -0.15) is 0 Å². The number of carbonyl (C=O) groups excluding carboxylic acids is 1. The molecule has 4 rings (SSSR count). The van der Waals surface area contributed by atoms with E-state index >= 15 is 0 Å². The molecule has 0 spiro atoms. The molecule has 2 aliphatic heterocycles. The van der Waals surface area contributed by atoms with Crippen LogP contribution < -0.4 is 5.32 Å². The maximum atomic E-state index is 13.1. The Morgan fingerprint density at radius 2 is 1.74 bits per heavy atom. The normalized spacial score (nSPS) is 21.2. The first-order valence-electron chi connectivity index (χ1n) is 11.6. The number of piperidine rings is 1. The Balaban J connectivity index is 1.42. The van der Waals surface area contributed by atoms with Gasteiger partial charge >= 0.3 is 0 Å². The molecule has 2 saturated heterocycles. The van der Waals surface area contributed by atoms with Crippen LogP contribution in [0.15, 0.2) is 48.5 Å². The van der Waals surface area contributed by atoms with Crippen LogP contribution in [0.3, 0.4) is 0 Å². The predicted molar refractivity (Wildman–Crippen MR) is 135 cm³/mol. The van der Waals surface area contributed by atoms with E-state index in [-0.39, 0.29) is 23.6 Å². The van der Waals surface area contributed by atoms with E-state index < -0.39 is 15.9 Å². The van der Waals surface area contributed by atoms with Gasteiger partial charge in [-0.3, -0.25) is 4.79 Å². The van der Waals surface area contributed by atoms with Crippen molar-refractivity contribution in [3.63, 3.8) is 0 Å². The van der Waals surface area contributed by atoms with Gasteiger partial charge in [0.25, 0.3) is 0 Å². The van der Waals surface area contributed by atoms with Crippen LogP contribution in [0.4, 0.5) is 0 Å². The Bertz CT molecular complexity index is 1080. The highest BCUT2D eigenvalue weighted by molar-refractivity contribution is 7.88. The van der Waals surface area contributed by atoms with Crippen molar-refractivity contribution < 1.29 is 17.9 Å². The van der Waals surface area contributed by atoms with E-state index in [1.54, 1.807) is 18.2 Å². The SMILES string of the molecule is O=C(NCC1(c2ccccc2)CCOCC1)[C@H]1CCCN(S(=O)(=O)Cc2c(Cl)cccc2Cl)C1. The molecule has 1 atom stereocenters. The minimum Gasteiger partial charge on any atom is -0.381 e. The molecule has 34 heavy (non-hydrogen) atoms.